The van der Waals surface area contributed by atoms with Gasteiger partial charge in [0.05, 0.1) is 6.10 Å². The molecule has 2 nitrogen and oxygen atoms in total. The van der Waals surface area contributed by atoms with Gasteiger partial charge in [0, 0.05) is 16.1 Å². The van der Waals surface area contributed by atoms with Gasteiger partial charge in [0.15, 0.2) is 0 Å². The van der Waals surface area contributed by atoms with E-state index in [2.05, 4.69) is 15.5 Å². The van der Waals surface area contributed by atoms with Crippen LogP contribution in [0, 0.1) is 11.8 Å². The third-order valence-corrected chi connectivity index (χ3v) is 3.02. The topological polar surface area (TPSA) is 29.5 Å². The molecule has 3 heteroatoms. The van der Waals surface area contributed by atoms with Crippen molar-refractivity contribution in [1.29, 1.82) is 0 Å². The molecule has 1 saturated carbocycles. The van der Waals surface area contributed by atoms with Gasteiger partial charge in [-0.25, -0.2) is 0 Å². The van der Waals surface area contributed by atoms with Gasteiger partial charge >= 0.3 is 0 Å². The van der Waals surface area contributed by atoms with Crippen molar-refractivity contribution < 1.29 is 9.63 Å². The van der Waals surface area contributed by atoms with E-state index in [0.29, 0.717) is 12.5 Å². The fourth-order valence-electron chi connectivity index (χ4n) is 1.42. The Morgan fingerprint density at radius 2 is 2.29 bits per heavy atom. The molecule has 2 unspecified atom stereocenters. The van der Waals surface area contributed by atoms with Crippen LogP contribution in [0.2, 0.25) is 0 Å². The molecule has 0 spiro atoms. The first-order valence-electron chi connectivity index (χ1n) is 5.07. The summed E-state index contributed by atoms with van der Waals surface area (Å²) < 4.78 is 4.99. The molecule has 0 aromatic rings. The van der Waals surface area contributed by atoms with E-state index < -0.39 is 0 Å². The zero-order valence-electron chi connectivity index (χ0n) is 8.60. The van der Waals surface area contributed by atoms with Crippen LogP contribution in [-0.2, 0) is 4.52 Å². The molecule has 0 aromatic heterocycles. The average molecular weight is 214 g/mol. The minimum absolute atomic E-state index is 0.149. The second-order valence-corrected chi connectivity index (χ2v) is 4.10. The van der Waals surface area contributed by atoms with Gasteiger partial charge in [-0.2, -0.15) is 0 Å². The molecular formula is C11H19O2P. The van der Waals surface area contributed by atoms with Crippen LogP contribution in [0.1, 0.15) is 19.8 Å². The second-order valence-electron chi connectivity index (χ2n) is 3.83. The summed E-state index contributed by atoms with van der Waals surface area (Å²) in [5, 5.41) is 8.83. The lowest BCUT2D eigenvalue weighted by molar-refractivity contribution is 0.269. The Morgan fingerprint density at radius 1 is 1.50 bits per heavy atom. The molecule has 14 heavy (non-hydrogen) atoms. The van der Waals surface area contributed by atoms with Gasteiger partial charge in [-0.1, -0.05) is 24.3 Å². The number of hydrogen-bond acceptors (Lipinski definition) is 2. The molecule has 0 aliphatic heterocycles. The van der Waals surface area contributed by atoms with Gasteiger partial charge in [-0.15, -0.1) is 0 Å². The monoisotopic (exact) mass is 214 g/mol. The summed E-state index contributed by atoms with van der Waals surface area (Å²) in [4.78, 5) is 0. The van der Waals surface area contributed by atoms with Crippen LogP contribution in [0.4, 0.5) is 0 Å². The van der Waals surface area contributed by atoms with Crippen molar-refractivity contribution in [2.75, 3.05) is 6.61 Å². The number of rotatable bonds is 6. The standard InChI is InChI=1S/C11H19O2P/c1-9(13-14)5-3-2-4-6-10-7-11(10)8-12/h2-5,9-12H,6-8,14H2,1H3/b4-2-,5-3+/t9?,10-,11-/m0/s1. The highest BCUT2D eigenvalue weighted by Crippen LogP contribution is 2.40. The third kappa shape index (κ3) is 4.36. The summed E-state index contributed by atoms with van der Waals surface area (Å²) in [6, 6.07) is 0. The zero-order chi connectivity index (χ0) is 10.4. The van der Waals surface area contributed by atoms with Crippen molar-refractivity contribution in [2.45, 2.75) is 25.9 Å². The summed E-state index contributed by atoms with van der Waals surface area (Å²) in [6.45, 7) is 2.34. The molecule has 4 atom stereocenters. The van der Waals surface area contributed by atoms with Gasteiger partial charge in [-0.3, -0.25) is 0 Å². The van der Waals surface area contributed by atoms with Crippen molar-refractivity contribution in [3.8, 4) is 0 Å². The maximum atomic E-state index is 8.83. The van der Waals surface area contributed by atoms with E-state index in [1.165, 1.54) is 6.42 Å². The van der Waals surface area contributed by atoms with E-state index in [-0.39, 0.29) is 6.10 Å². The number of aliphatic hydroxyl groups excluding tert-OH is 1. The molecule has 1 rings (SSSR count). The lowest BCUT2D eigenvalue weighted by Gasteiger charge is -1.98. The second kappa shape index (κ2) is 6.34. The highest BCUT2D eigenvalue weighted by molar-refractivity contribution is 7.09. The normalized spacial score (nSPS) is 28.8. The molecule has 0 radical (unpaired) electrons. The van der Waals surface area contributed by atoms with Crippen molar-refractivity contribution in [2.24, 2.45) is 11.8 Å². The van der Waals surface area contributed by atoms with E-state index in [0.717, 1.165) is 12.3 Å². The Balaban J connectivity index is 2.07. The molecule has 1 fully saturated rings. The molecule has 0 saturated heterocycles. The lowest BCUT2D eigenvalue weighted by Crippen LogP contribution is -1.93. The lowest BCUT2D eigenvalue weighted by atomic mass is 10.2. The quantitative estimate of drug-likeness (QED) is 0.543. The maximum absolute atomic E-state index is 8.83. The Labute approximate surface area is 88.3 Å². The third-order valence-electron chi connectivity index (χ3n) is 2.59. The Morgan fingerprint density at radius 3 is 2.86 bits per heavy atom. The smallest absolute Gasteiger partial charge is 0.0766 e. The van der Waals surface area contributed by atoms with Crippen molar-refractivity contribution in [3.63, 3.8) is 0 Å². The molecule has 1 N–H and O–H groups in total. The fourth-order valence-corrected chi connectivity index (χ4v) is 1.51. The maximum Gasteiger partial charge on any atom is 0.0766 e. The van der Waals surface area contributed by atoms with Crippen LogP contribution in [0.25, 0.3) is 0 Å². The molecule has 80 valence electrons. The van der Waals surface area contributed by atoms with Gasteiger partial charge < -0.3 is 9.63 Å². The first kappa shape index (κ1) is 11.9. The molecular weight excluding hydrogens is 195 g/mol. The molecule has 1 aliphatic rings. The Kier molecular flexibility index (Phi) is 5.39. The van der Waals surface area contributed by atoms with E-state index in [1.807, 2.05) is 25.2 Å². The van der Waals surface area contributed by atoms with E-state index >= 15 is 0 Å². The van der Waals surface area contributed by atoms with Crippen molar-refractivity contribution in [1.82, 2.24) is 0 Å². The number of hydrogen-bond donors (Lipinski definition) is 1. The van der Waals surface area contributed by atoms with Gasteiger partial charge in [0.25, 0.3) is 0 Å². The molecule has 0 heterocycles. The molecule has 1 aliphatic carbocycles. The molecule has 0 amide bonds. The Bertz CT molecular complexity index is 213. The molecule has 0 aromatic carbocycles. The first-order chi connectivity index (χ1) is 6.77. The zero-order valence-corrected chi connectivity index (χ0v) is 9.75. The highest BCUT2D eigenvalue weighted by atomic mass is 31.0. The van der Waals surface area contributed by atoms with Crippen LogP contribution in [-0.4, -0.2) is 17.8 Å². The predicted molar refractivity (Wildman–Crippen MR) is 61.8 cm³/mol. The first-order valence-corrected chi connectivity index (χ1v) is 5.54. The van der Waals surface area contributed by atoms with Crippen LogP contribution in [0.5, 0.6) is 0 Å². The SMILES string of the molecule is CC(/C=C/C=C\C[C@H]1C[C@H]1CO)OP. The van der Waals surface area contributed by atoms with Crippen LogP contribution < -0.4 is 0 Å². The fraction of sp³-hybridized carbons (Fsp3) is 0.636. The summed E-state index contributed by atoms with van der Waals surface area (Å²) in [5.74, 6) is 1.29. The largest absolute Gasteiger partial charge is 0.396 e. The van der Waals surface area contributed by atoms with Crippen LogP contribution in [0.15, 0.2) is 24.3 Å². The Hall–Kier alpha value is -0.170. The summed E-state index contributed by atoms with van der Waals surface area (Å²) >= 11 is 0. The summed E-state index contributed by atoms with van der Waals surface area (Å²) in [7, 11) is 2.25. The average Bonchev–Trinajstić information content (AvgIpc) is 2.95. The summed E-state index contributed by atoms with van der Waals surface area (Å²) in [6.07, 6.45) is 10.6. The van der Waals surface area contributed by atoms with E-state index in [4.69, 9.17) is 9.63 Å². The van der Waals surface area contributed by atoms with Crippen molar-refractivity contribution >= 4 is 9.47 Å². The highest BCUT2D eigenvalue weighted by Gasteiger charge is 2.34. The number of aliphatic hydroxyl groups is 1. The summed E-state index contributed by atoms with van der Waals surface area (Å²) in [5.41, 5.74) is 0. The predicted octanol–water partition coefficient (Wildman–Crippen LogP) is 2.31. The van der Waals surface area contributed by atoms with Gasteiger partial charge in [-0.05, 0) is 31.6 Å². The number of allylic oxidation sites excluding steroid dienone is 3. The van der Waals surface area contributed by atoms with Crippen molar-refractivity contribution in [3.05, 3.63) is 24.3 Å². The van der Waals surface area contributed by atoms with Gasteiger partial charge in [0.1, 0.15) is 0 Å². The van der Waals surface area contributed by atoms with Crippen LogP contribution in [0.3, 0.4) is 0 Å². The molecule has 0 bridgehead atoms. The van der Waals surface area contributed by atoms with Gasteiger partial charge in [0.2, 0.25) is 0 Å². The van der Waals surface area contributed by atoms with Crippen LogP contribution >= 0.6 is 9.47 Å². The minimum Gasteiger partial charge on any atom is -0.396 e. The van der Waals surface area contributed by atoms with E-state index in [9.17, 15) is 0 Å². The minimum atomic E-state index is 0.149. The van der Waals surface area contributed by atoms with E-state index in [1.54, 1.807) is 0 Å².